The van der Waals surface area contributed by atoms with Gasteiger partial charge in [-0.25, -0.2) is 0 Å². The number of hydrogen-bond donors (Lipinski definition) is 0. The lowest BCUT2D eigenvalue weighted by Gasteiger charge is -2.01. The number of carbonyl (C=O) groups is 1. The van der Waals surface area contributed by atoms with Crippen molar-refractivity contribution < 1.29 is 4.79 Å². The van der Waals surface area contributed by atoms with Gasteiger partial charge in [0.25, 0.3) is 0 Å². The maximum Gasteiger partial charge on any atom is 0.131 e. The number of carbonyl (C=O) groups excluding carboxylic acids is 1. The van der Waals surface area contributed by atoms with Gasteiger partial charge in [-0.3, -0.25) is 9.69 Å². The molecule has 1 aliphatic rings. The first kappa shape index (κ1) is 9.41. The van der Waals surface area contributed by atoms with E-state index in [2.05, 4.69) is 29.2 Å². The van der Waals surface area contributed by atoms with Gasteiger partial charge in [0.15, 0.2) is 0 Å². The van der Waals surface area contributed by atoms with E-state index in [4.69, 9.17) is 0 Å². The van der Waals surface area contributed by atoms with E-state index in [1.165, 1.54) is 5.56 Å². The lowest BCUT2D eigenvalue weighted by molar-refractivity contribution is -0.117. The van der Waals surface area contributed by atoms with E-state index >= 15 is 0 Å². The van der Waals surface area contributed by atoms with Crippen LogP contribution in [0.3, 0.4) is 0 Å². The topological polar surface area (TPSA) is 20.1 Å². The number of benzene rings is 1. The Labute approximate surface area is 84.5 Å². The maximum atomic E-state index is 10.8. The highest BCUT2D eigenvalue weighted by Gasteiger charge is 2.34. The molecular weight excluding hydrogens is 174 g/mol. The molecule has 0 N–H and O–H groups in total. The molecule has 2 nitrogen and oxygen atoms in total. The van der Waals surface area contributed by atoms with E-state index in [0.29, 0.717) is 12.5 Å². The number of nitrogens with zero attached hydrogens (tertiary/aromatic N) is 1. The van der Waals surface area contributed by atoms with E-state index in [9.17, 15) is 4.79 Å². The van der Waals surface area contributed by atoms with Crippen LogP contribution < -0.4 is 0 Å². The second kappa shape index (κ2) is 3.93. The number of rotatable bonds is 4. The first-order valence-electron chi connectivity index (χ1n) is 5.06. The van der Waals surface area contributed by atoms with E-state index in [-0.39, 0.29) is 5.78 Å². The number of Topliss-reactive ketones (excluding diaryl/α,β-unsaturated/α-hetero) is 1. The van der Waals surface area contributed by atoms with Gasteiger partial charge in [-0.15, -0.1) is 0 Å². The van der Waals surface area contributed by atoms with Gasteiger partial charge >= 0.3 is 0 Å². The molecule has 2 atom stereocenters. The quantitative estimate of drug-likeness (QED) is 0.675. The standard InChI is InChI=1S/C12H15NO/c1-10(14)7-8-13-9-12(13)11-5-3-2-4-6-11/h2-6,12H,7-9H2,1H3. The molecule has 0 aromatic heterocycles. The Morgan fingerprint density at radius 3 is 2.79 bits per heavy atom. The monoisotopic (exact) mass is 189 g/mol. The fourth-order valence-corrected chi connectivity index (χ4v) is 1.71. The first-order valence-corrected chi connectivity index (χ1v) is 5.06. The van der Waals surface area contributed by atoms with Crippen molar-refractivity contribution in [3.05, 3.63) is 35.9 Å². The summed E-state index contributed by atoms with van der Waals surface area (Å²) >= 11 is 0. The van der Waals surface area contributed by atoms with Gasteiger partial charge in [0.05, 0.1) is 0 Å². The van der Waals surface area contributed by atoms with Gasteiger partial charge in [-0.1, -0.05) is 30.3 Å². The first-order chi connectivity index (χ1) is 6.77. The average molecular weight is 189 g/mol. The van der Waals surface area contributed by atoms with Gasteiger partial charge in [-0.2, -0.15) is 0 Å². The molecule has 0 amide bonds. The molecule has 1 saturated heterocycles. The van der Waals surface area contributed by atoms with Gasteiger partial charge in [0.1, 0.15) is 5.78 Å². The molecule has 2 heteroatoms. The second-order valence-electron chi connectivity index (χ2n) is 3.87. The third kappa shape index (κ3) is 2.20. The summed E-state index contributed by atoms with van der Waals surface area (Å²) in [4.78, 5) is 13.1. The number of hydrogen-bond acceptors (Lipinski definition) is 2. The predicted molar refractivity (Wildman–Crippen MR) is 56.1 cm³/mol. The van der Waals surface area contributed by atoms with Crippen LogP contribution in [-0.2, 0) is 4.79 Å². The zero-order valence-electron chi connectivity index (χ0n) is 8.44. The van der Waals surface area contributed by atoms with Crippen LogP contribution in [0.15, 0.2) is 30.3 Å². The Morgan fingerprint density at radius 1 is 1.43 bits per heavy atom. The highest BCUT2D eigenvalue weighted by atomic mass is 16.1. The van der Waals surface area contributed by atoms with Crippen LogP contribution in [-0.4, -0.2) is 23.8 Å². The van der Waals surface area contributed by atoms with E-state index in [1.54, 1.807) is 6.92 Å². The smallest absolute Gasteiger partial charge is 0.131 e. The Morgan fingerprint density at radius 2 is 2.14 bits per heavy atom. The molecule has 14 heavy (non-hydrogen) atoms. The van der Waals surface area contributed by atoms with Crippen LogP contribution in [0.2, 0.25) is 0 Å². The van der Waals surface area contributed by atoms with Crippen molar-refractivity contribution in [2.75, 3.05) is 13.1 Å². The van der Waals surface area contributed by atoms with Crippen molar-refractivity contribution in [3.8, 4) is 0 Å². The molecule has 1 aliphatic heterocycles. The van der Waals surface area contributed by atoms with E-state index in [1.807, 2.05) is 6.07 Å². The molecule has 2 rings (SSSR count). The molecule has 1 heterocycles. The third-order valence-electron chi connectivity index (χ3n) is 2.65. The zero-order chi connectivity index (χ0) is 9.97. The van der Waals surface area contributed by atoms with Crippen molar-refractivity contribution in [2.24, 2.45) is 0 Å². The molecular formula is C12H15NO. The van der Waals surface area contributed by atoms with Crippen LogP contribution in [0.25, 0.3) is 0 Å². The van der Waals surface area contributed by atoms with Crippen molar-refractivity contribution in [1.82, 2.24) is 4.90 Å². The van der Waals surface area contributed by atoms with E-state index < -0.39 is 0 Å². The molecule has 1 fully saturated rings. The molecule has 1 aromatic carbocycles. The molecule has 0 spiro atoms. The minimum absolute atomic E-state index is 0.281. The van der Waals surface area contributed by atoms with Gasteiger partial charge < -0.3 is 0 Å². The van der Waals surface area contributed by atoms with Crippen LogP contribution in [0, 0.1) is 0 Å². The molecule has 0 bridgehead atoms. The lowest BCUT2D eigenvalue weighted by atomic mass is 10.2. The van der Waals surface area contributed by atoms with Gasteiger partial charge in [-0.05, 0) is 12.5 Å². The van der Waals surface area contributed by atoms with Crippen molar-refractivity contribution >= 4 is 5.78 Å². The Bertz CT molecular complexity index is 320. The van der Waals surface area contributed by atoms with Gasteiger partial charge in [0.2, 0.25) is 0 Å². The Hall–Kier alpha value is -1.15. The van der Waals surface area contributed by atoms with Crippen LogP contribution in [0.5, 0.6) is 0 Å². The summed E-state index contributed by atoms with van der Waals surface area (Å²) in [6.45, 7) is 3.67. The van der Waals surface area contributed by atoms with Crippen molar-refractivity contribution in [3.63, 3.8) is 0 Å². The summed E-state index contributed by atoms with van der Waals surface area (Å²) in [5.74, 6) is 0.281. The summed E-state index contributed by atoms with van der Waals surface area (Å²) in [5, 5.41) is 0. The highest BCUT2D eigenvalue weighted by molar-refractivity contribution is 5.75. The molecule has 2 unspecified atom stereocenters. The lowest BCUT2D eigenvalue weighted by Crippen LogP contribution is -2.05. The largest absolute Gasteiger partial charge is 0.300 e. The third-order valence-corrected chi connectivity index (χ3v) is 2.65. The average Bonchev–Trinajstić information content (AvgIpc) is 2.95. The van der Waals surface area contributed by atoms with Crippen molar-refractivity contribution in [2.45, 2.75) is 19.4 Å². The summed E-state index contributed by atoms with van der Waals surface area (Å²) < 4.78 is 0. The molecule has 0 aliphatic carbocycles. The van der Waals surface area contributed by atoms with Crippen LogP contribution >= 0.6 is 0 Å². The summed E-state index contributed by atoms with van der Waals surface area (Å²) in [5.41, 5.74) is 1.37. The predicted octanol–water partition coefficient (Wildman–Crippen LogP) is 2.02. The molecule has 0 saturated carbocycles. The summed E-state index contributed by atoms with van der Waals surface area (Å²) in [7, 11) is 0. The normalized spacial score (nSPS) is 24.6. The minimum Gasteiger partial charge on any atom is -0.300 e. The Balaban J connectivity index is 1.85. The number of ketones is 1. The molecule has 0 radical (unpaired) electrons. The minimum atomic E-state index is 0.281. The zero-order valence-corrected chi connectivity index (χ0v) is 8.44. The molecule has 1 aromatic rings. The Kier molecular flexibility index (Phi) is 2.64. The van der Waals surface area contributed by atoms with Crippen LogP contribution in [0.1, 0.15) is 24.9 Å². The SMILES string of the molecule is CC(=O)CCN1CC1c1ccccc1. The fourth-order valence-electron chi connectivity index (χ4n) is 1.71. The fraction of sp³-hybridized carbons (Fsp3) is 0.417. The van der Waals surface area contributed by atoms with Crippen LogP contribution in [0.4, 0.5) is 0 Å². The summed E-state index contributed by atoms with van der Waals surface area (Å²) in [6.07, 6.45) is 0.684. The second-order valence-corrected chi connectivity index (χ2v) is 3.87. The molecule has 74 valence electrons. The van der Waals surface area contributed by atoms with Crippen molar-refractivity contribution in [1.29, 1.82) is 0 Å². The summed E-state index contributed by atoms with van der Waals surface area (Å²) in [6, 6.07) is 11.0. The van der Waals surface area contributed by atoms with E-state index in [0.717, 1.165) is 13.1 Å². The maximum absolute atomic E-state index is 10.8. The highest BCUT2D eigenvalue weighted by Crippen LogP contribution is 2.34. The van der Waals surface area contributed by atoms with Gasteiger partial charge in [0, 0.05) is 25.6 Å².